The van der Waals surface area contributed by atoms with Crippen molar-refractivity contribution in [2.75, 3.05) is 0 Å². The third kappa shape index (κ3) is 2.08. The van der Waals surface area contributed by atoms with E-state index in [1.165, 1.54) is 11.3 Å². The zero-order valence-electron chi connectivity index (χ0n) is 4.38. The average molecular weight is 154 g/mol. The van der Waals surface area contributed by atoms with Crippen LogP contribution in [0.1, 0.15) is 0 Å². The Morgan fingerprint density at radius 3 is 2.25 bits per heavy atom. The summed E-state index contributed by atoms with van der Waals surface area (Å²) in [6.45, 7) is 0. The summed E-state index contributed by atoms with van der Waals surface area (Å²) in [6, 6.07) is 0. The molecule has 0 aliphatic heterocycles. The van der Waals surface area contributed by atoms with Gasteiger partial charge in [0.25, 0.3) is 0 Å². The van der Waals surface area contributed by atoms with Crippen LogP contribution in [0.15, 0.2) is 15.2 Å². The second-order valence-corrected chi connectivity index (χ2v) is 2.68. The summed E-state index contributed by atoms with van der Waals surface area (Å²) in [5.41, 5.74) is 0. The first kappa shape index (κ1) is 9.00. The monoisotopic (exact) mass is 154 g/mol. The number of hydrogen-bond donors (Lipinski definition) is 2. The Morgan fingerprint density at radius 1 is 1.50 bits per heavy atom. The summed E-state index contributed by atoms with van der Waals surface area (Å²) >= 11 is 9.57. The molecule has 1 heterocycles. The van der Waals surface area contributed by atoms with Crippen LogP contribution in [-0.4, -0.2) is 0 Å². The first-order valence-corrected chi connectivity index (χ1v) is 3.45. The van der Waals surface area contributed by atoms with E-state index in [2.05, 4.69) is 30.6 Å². The molecule has 0 aromatic carbocycles. The standard InChI is InChI=1S/C4H3S3.Li/c5-3-1-7-2-4(3)6;/h1,5-6H;/q-1;+1. The Balaban J connectivity index is 0.000000490. The van der Waals surface area contributed by atoms with Crippen LogP contribution >= 0.6 is 36.6 Å². The Kier molecular flexibility index (Phi) is 4.41. The van der Waals surface area contributed by atoms with Crippen molar-refractivity contribution in [1.29, 1.82) is 0 Å². The fraction of sp³-hybridized carbons (Fsp3) is 0. The minimum atomic E-state index is 0. The van der Waals surface area contributed by atoms with Gasteiger partial charge in [0.15, 0.2) is 0 Å². The van der Waals surface area contributed by atoms with Crippen LogP contribution in [0.3, 0.4) is 0 Å². The molecule has 1 aromatic rings. The van der Waals surface area contributed by atoms with E-state index < -0.39 is 0 Å². The van der Waals surface area contributed by atoms with Crippen molar-refractivity contribution in [3.8, 4) is 0 Å². The van der Waals surface area contributed by atoms with Gasteiger partial charge >= 0.3 is 18.9 Å². The molecule has 1 rings (SSSR count). The summed E-state index contributed by atoms with van der Waals surface area (Å²) in [5.74, 6) is 0. The summed E-state index contributed by atoms with van der Waals surface area (Å²) in [6.07, 6.45) is 0. The van der Waals surface area contributed by atoms with Crippen LogP contribution in [0, 0.1) is 5.38 Å². The maximum atomic E-state index is 4.05. The predicted octanol–water partition coefficient (Wildman–Crippen LogP) is -0.870. The molecule has 38 valence electrons. The van der Waals surface area contributed by atoms with Gasteiger partial charge in [0.2, 0.25) is 0 Å². The summed E-state index contributed by atoms with van der Waals surface area (Å²) in [7, 11) is 0. The molecule has 0 spiro atoms. The Labute approximate surface area is 75.7 Å². The quantitative estimate of drug-likeness (QED) is 0.271. The van der Waals surface area contributed by atoms with Crippen molar-refractivity contribution < 1.29 is 18.9 Å². The SMILES string of the molecule is Sc1[c-]scc1S.[Li+]. The van der Waals surface area contributed by atoms with Crippen molar-refractivity contribution in [3.63, 3.8) is 0 Å². The molecule has 0 saturated carbocycles. The molecule has 0 saturated heterocycles. The molecular weight excluding hydrogens is 151 g/mol. The van der Waals surface area contributed by atoms with Gasteiger partial charge in [0, 0.05) is 0 Å². The van der Waals surface area contributed by atoms with Crippen LogP contribution in [0.25, 0.3) is 0 Å². The maximum Gasteiger partial charge on any atom is 1.00 e. The van der Waals surface area contributed by atoms with Gasteiger partial charge in [-0.1, -0.05) is 4.90 Å². The second-order valence-electron chi connectivity index (χ2n) is 1.07. The molecule has 4 heteroatoms. The van der Waals surface area contributed by atoms with E-state index in [0.717, 1.165) is 9.79 Å². The van der Waals surface area contributed by atoms with Crippen molar-refractivity contribution in [1.82, 2.24) is 0 Å². The van der Waals surface area contributed by atoms with Crippen LogP contribution in [0.4, 0.5) is 0 Å². The second kappa shape index (κ2) is 3.92. The van der Waals surface area contributed by atoms with Crippen molar-refractivity contribution in [2.24, 2.45) is 0 Å². The van der Waals surface area contributed by atoms with E-state index in [-0.39, 0.29) is 18.9 Å². The fourth-order valence-electron chi connectivity index (χ4n) is 0.249. The minimum absolute atomic E-state index is 0. The molecule has 0 radical (unpaired) electrons. The smallest absolute Gasteiger partial charge is 0.302 e. The summed E-state index contributed by atoms with van der Waals surface area (Å²) in [5, 5.41) is 4.79. The summed E-state index contributed by atoms with van der Waals surface area (Å²) in [4.78, 5) is 1.75. The van der Waals surface area contributed by atoms with Gasteiger partial charge in [-0.2, -0.15) is 12.6 Å². The molecule has 0 aliphatic rings. The Hall–Kier alpha value is 0.997. The zero-order valence-corrected chi connectivity index (χ0v) is 6.99. The van der Waals surface area contributed by atoms with E-state index in [1.807, 2.05) is 5.38 Å². The van der Waals surface area contributed by atoms with Gasteiger partial charge in [-0.3, -0.25) is 0 Å². The Morgan fingerprint density at radius 2 is 2.12 bits per heavy atom. The van der Waals surface area contributed by atoms with Crippen LogP contribution < -0.4 is 18.9 Å². The molecular formula is C4H3LiS3. The van der Waals surface area contributed by atoms with Crippen molar-refractivity contribution >= 4 is 36.6 Å². The van der Waals surface area contributed by atoms with Crippen molar-refractivity contribution in [3.05, 3.63) is 10.8 Å². The molecule has 0 N–H and O–H groups in total. The van der Waals surface area contributed by atoms with Gasteiger partial charge in [-0.25, -0.2) is 12.6 Å². The van der Waals surface area contributed by atoms with E-state index >= 15 is 0 Å². The molecule has 0 fully saturated rings. The van der Waals surface area contributed by atoms with Gasteiger partial charge < -0.3 is 11.3 Å². The fourth-order valence-corrected chi connectivity index (χ4v) is 1.36. The van der Waals surface area contributed by atoms with Gasteiger partial charge in [-0.15, -0.1) is 15.7 Å². The number of rotatable bonds is 0. The number of hydrogen-bond acceptors (Lipinski definition) is 3. The summed E-state index contributed by atoms with van der Waals surface area (Å²) < 4.78 is 0. The predicted molar refractivity (Wildman–Crippen MR) is 37.7 cm³/mol. The zero-order chi connectivity index (χ0) is 5.28. The molecule has 0 bridgehead atoms. The first-order valence-electron chi connectivity index (χ1n) is 1.68. The molecule has 0 amide bonds. The third-order valence-corrected chi connectivity index (χ3v) is 2.45. The van der Waals surface area contributed by atoms with E-state index in [0.29, 0.717) is 0 Å². The normalized spacial score (nSPS) is 8.25. The van der Waals surface area contributed by atoms with Gasteiger partial charge in [0.05, 0.1) is 0 Å². The van der Waals surface area contributed by atoms with Crippen LogP contribution in [0.5, 0.6) is 0 Å². The van der Waals surface area contributed by atoms with Crippen LogP contribution in [0.2, 0.25) is 0 Å². The van der Waals surface area contributed by atoms with E-state index in [9.17, 15) is 0 Å². The average Bonchev–Trinajstić information content (AvgIpc) is 1.91. The number of thiol groups is 2. The maximum absolute atomic E-state index is 4.05. The first-order chi connectivity index (χ1) is 3.30. The molecule has 0 nitrogen and oxygen atoms in total. The third-order valence-electron chi connectivity index (χ3n) is 0.569. The van der Waals surface area contributed by atoms with E-state index in [4.69, 9.17) is 0 Å². The van der Waals surface area contributed by atoms with E-state index in [1.54, 1.807) is 0 Å². The molecule has 0 atom stereocenters. The van der Waals surface area contributed by atoms with Crippen molar-refractivity contribution in [2.45, 2.75) is 9.79 Å². The molecule has 1 aromatic heterocycles. The van der Waals surface area contributed by atoms with Gasteiger partial charge in [-0.05, 0) is 0 Å². The van der Waals surface area contributed by atoms with Gasteiger partial charge in [0.1, 0.15) is 0 Å². The molecule has 0 aliphatic carbocycles. The topological polar surface area (TPSA) is 0 Å². The number of thiophene rings is 1. The van der Waals surface area contributed by atoms with Crippen LogP contribution in [-0.2, 0) is 0 Å². The Bertz CT molecular complexity index is 144. The molecule has 0 unspecified atom stereocenters. The molecule has 8 heavy (non-hydrogen) atoms. The largest absolute Gasteiger partial charge is 1.00 e. The minimum Gasteiger partial charge on any atom is -0.302 e.